The molecular formula is C6H7Br2N. The van der Waals surface area contributed by atoms with Gasteiger partial charge in [0.1, 0.15) is 4.45 Å². The Balaban J connectivity index is 2.78. The van der Waals surface area contributed by atoms with Crippen molar-refractivity contribution in [2.45, 2.75) is 11.4 Å². The van der Waals surface area contributed by atoms with Crippen LogP contribution in [0.25, 0.3) is 0 Å². The summed E-state index contributed by atoms with van der Waals surface area (Å²) in [5, 5.41) is 3.12. The van der Waals surface area contributed by atoms with Crippen molar-refractivity contribution >= 4 is 31.9 Å². The monoisotopic (exact) mass is 251 g/mol. The zero-order chi connectivity index (χ0) is 6.91. The molecule has 0 amide bonds. The fourth-order valence-corrected chi connectivity index (χ4v) is 1.91. The largest absolute Gasteiger partial charge is 0.373 e. The minimum atomic E-state index is -0.0828. The second kappa shape index (κ2) is 2.46. The van der Waals surface area contributed by atoms with Crippen molar-refractivity contribution in [2.75, 3.05) is 0 Å². The van der Waals surface area contributed by atoms with E-state index in [2.05, 4.69) is 37.2 Å². The summed E-state index contributed by atoms with van der Waals surface area (Å²) in [7, 11) is 0. The Hall–Kier alpha value is 0.240. The Bertz CT molecular complexity index is 170. The van der Waals surface area contributed by atoms with Crippen molar-refractivity contribution in [1.82, 2.24) is 5.32 Å². The third-order valence-corrected chi connectivity index (χ3v) is 1.97. The summed E-state index contributed by atoms with van der Waals surface area (Å²) in [6.07, 6.45) is 5.91. The third kappa shape index (κ3) is 2.14. The molecule has 50 valence electrons. The number of hydrogen-bond acceptors (Lipinski definition) is 1. The number of rotatable bonds is 0. The molecule has 1 N–H and O–H groups in total. The van der Waals surface area contributed by atoms with Gasteiger partial charge in [-0.15, -0.1) is 0 Å². The first kappa shape index (κ1) is 7.35. The van der Waals surface area contributed by atoms with Crippen LogP contribution in [0.15, 0.2) is 22.8 Å². The first-order valence-corrected chi connectivity index (χ1v) is 4.20. The fourth-order valence-electron chi connectivity index (χ4n) is 0.633. The van der Waals surface area contributed by atoms with Gasteiger partial charge in [-0.2, -0.15) is 0 Å². The normalized spacial score (nSPS) is 33.4. The lowest BCUT2D eigenvalue weighted by atomic mass is 10.2. The summed E-state index contributed by atoms with van der Waals surface area (Å²) >= 11 is 6.83. The standard InChI is InChI=1S/C6H7Br2N/c1-6(8)4-5(7)2-3-9-6/h2-4,9H,1H3. The molecule has 9 heavy (non-hydrogen) atoms. The topological polar surface area (TPSA) is 12.0 Å². The smallest absolute Gasteiger partial charge is 0.110 e. The van der Waals surface area contributed by atoms with Crippen molar-refractivity contribution in [3.8, 4) is 0 Å². The predicted molar refractivity (Wildman–Crippen MR) is 46.6 cm³/mol. The van der Waals surface area contributed by atoms with Gasteiger partial charge in [-0.05, 0) is 25.3 Å². The molecule has 0 aromatic carbocycles. The summed E-state index contributed by atoms with van der Waals surface area (Å²) in [4.78, 5) is 0. The minimum absolute atomic E-state index is 0.0828. The zero-order valence-electron chi connectivity index (χ0n) is 4.99. The highest BCUT2D eigenvalue weighted by atomic mass is 79.9. The van der Waals surface area contributed by atoms with Crippen molar-refractivity contribution in [3.63, 3.8) is 0 Å². The lowest BCUT2D eigenvalue weighted by Crippen LogP contribution is -2.31. The highest BCUT2D eigenvalue weighted by Crippen LogP contribution is 2.23. The van der Waals surface area contributed by atoms with Gasteiger partial charge in [0.05, 0.1) is 0 Å². The Morgan fingerprint density at radius 1 is 1.67 bits per heavy atom. The van der Waals surface area contributed by atoms with E-state index in [1.165, 1.54) is 0 Å². The van der Waals surface area contributed by atoms with E-state index in [0.29, 0.717) is 0 Å². The van der Waals surface area contributed by atoms with E-state index >= 15 is 0 Å². The molecule has 3 heteroatoms. The average molecular weight is 253 g/mol. The van der Waals surface area contributed by atoms with Crippen LogP contribution in [0.1, 0.15) is 6.92 Å². The molecule has 0 radical (unpaired) electrons. The first-order chi connectivity index (χ1) is 4.10. The Kier molecular flexibility index (Phi) is 2.01. The number of hydrogen-bond donors (Lipinski definition) is 1. The Morgan fingerprint density at radius 2 is 2.33 bits per heavy atom. The second-order valence-electron chi connectivity index (χ2n) is 2.08. The molecular weight excluding hydrogens is 246 g/mol. The molecule has 0 fully saturated rings. The van der Waals surface area contributed by atoms with Gasteiger partial charge in [-0.3, -0.25) is 0 Å². The Labute approximate surface area is 71.5 Å². The maximum atomic E-state index is 3.46. The molecule has 0 saturated carbocycles. The molecule has 1 atom stereocenters. The summed E-state index contributed by atoms with van der Waals surface area (Å²) in [5.74, 6) is 0. The number of dihydropyridines is 1. The Morgan fingerprint density at radius 3 is 2.67 bits per heavy atom. The van der Waals surface area contributed by atoms with Gasteiger partial charge in [0, 0.05) is 4.48 Å². The lowest BCUT2D eigenvalue weighted by Gasteiger charge is -2.21. The van der Waals surface area contributed by atoms with E-state index in [9.17, 15) is 0 Å². The highest BCUT2D eigenvalue weighted by molar-refractivity contribution is 9.12. The van der Waals surface area contributed by atoms with E-state index < -0.39 is 0 Å². The molecule has 1 aliphatic rings. The molecule has 0 saturated heterocycles. The van der Waals surface area contributed by atoms with Crippen LogP contribution in [0.4, 0.5) is 0 Å². The van der Waals surface area contributed by atoms with E-state index in [4.69, 9.17) is 0 Å². The molecule has 0 spiro atoms. The predicted octanol–water partition coefficient (Wildman–Crippen LogP) is 2.49. The van der Waals surface area contributed by atoms with Crippen LogP contribution in [0.5, 0.6) is 0 Å². The van der Waals surface area contributed by atoms with Crippen LogP contribution in [0.2, 0.25) is 0 Å². The van der Waals surface area contributed by atoms with E-state index in [1.54, 1.807) is 0 Å². The van der Waals surface area contributed by atoms with Crippen LogP contribution in [0, 0.1) is 0 Å². The summed E-state index contributed by atoms with van der Waals surface area (Å²) in [6.45, 7) is 2.04. The van der Waals surface area contributed by atoms with Gasteiger partial charge in [0.2, 0.25) is 0 Å². The van der Waals surface area contributed by atoms with Gasteiger partial charge >= 0.3 is 0 Å². The van der Waals surface area contributed by atoms with Crippen LogP contribution in [-0.2, 0) is 0 Å². The molecule has 0 aliphatic carbocycles. The number of alkyl halides is 1. The van der Waals surface area contributed by atoms with Gasteiger partial charge < -0.3 is 5.32 Å². The SMILES string of the molecule is CC1(Br)C=C(Br)C=CN1. The van der Waals surface area contributed by atoms with Crippen molar-refractivity contribution < 1.29 is 0 Å². The van der Waals surface area contributed by atoms with Gasteiger partial charge in [-0.1, -0.05) is 31.9 Å². The molecule has 0 aromatic heterocycles. The van der Waals surface area contributed by atoms with Crippen LogP contribution >= 0.6 is 31.9 Å². The molecule has 0 aromatic rings. The summed E-state index contributed by atoms with van der Waals surface area (Å²) in [6, 6.07) is 0. The van der Waals surface area contributed by atoms with Crippen molar-refractivity contribution in [2.24, 2.45) is 0 Å². The zero-order valence-corrected chi connectivity index (χ0v) is 8.16. The second-order valence-corrected chi connectivity index (χ2v) is 4.65. The lowest BCUT2D eigenvalue weighted by molar-refractivity contribution is 0.713. The summed E-state index contributed by atoms with van der Waals surface area (Å²) < 4.78 is 1.02. The first-order valence-electron chi connectivity index (χ1n) is 2.62. The van der Waals surface area contributed by atoms with Gasteiger partial charge in [0.15, 0.2) is 0 Å². The average Bonchev–Trinajstić information content (AvgIpc) is 1.60. The fraction of sp³-hybridized carbons (Fsp3) is 0.333. The molecule has 1 aliphatic heterocycles. The number of allylic oxidation sites excluding steroid dienone is 2. The molecule has 1 heterocycles. The number of nitrogens with one attached hydrogen (secondary N) is 1. The number of halogens is 2. The van der Waals surface area contributed by atoms with Crippen LogP contribution in [-0.4, -0.2) is 4.45 Å². The van der Waals surface area contributed by atoms with E-state index in [-0.39, 0.29) is 4.45 Å². The molecule has 1 unspecified atom stereocenters. The maximum absolute atomic E-state index is 3.46. The van der Waals surface area contributed by atoms with Crippen molar-refractivity contribution in [1.29, 1.82) is 0 Å². The van der Waals surface area contributed by atoms with Crippen molar-refractivity contribution in [3.05, 3.63) is 22.8 Å². The van der Waals surface area contributed by atoms with E-state index in [1.807, 2.05) is 25.3 Å². The quantitative estimate of drug-likeness (QED) is 0.516. The third-order valence-electron chi connectivity index (χ3n) is 1.02. The molecule has 0 bridgehead atoms. The van der Waals surface area contributed by atoms with Gasteiger partial charge in [-0.25, -0.2) is 0 Å². The van der Waals surface area contributed by atoms with Crippen LogP contribution < -0.4 is 5.32 Å². The maximum Gasteiger partial charge on any atom is 0.110 e. The van der Waals surface area contributed by atoms with Crippen LogP contribution in [0.3, 0.4) is 0 Å². The molecule has 1 nitrogen and oxygen atoms in total. The van der Waals surface area contributed by atoms with Gasteiger partial charge in [0.25, 0.3) is 0 Å². The van der Waals surface area contributed by atoms with E-state index in [0.717, 1.165) is 4.48 Å². The molecule has 1 rings (SSSR count). The highest BCUT2D eigenvalue weighted by Gasteiger charge is 2.16. The summed E-state index contributed by atoms with van der Waals surface area (Å²) in [5.41, 5.74) is 0. The minimum Gasteiger partial charge on any atom is -0.373 e.